The SMILES string of the molecule is CC(C)c1ccc2c(c1)N(c1ccccn1)c1[c-]c(-c3ccc4ccc(C(C)C)c(O)c4n3)ccc1C2(C)C.[Pt]. The molecule has 1 N–H and O–H groups in total. The summed E-state index contributed by atoms with van der Waals surface area (Å²) in [6.07, 6.45) is 1.84. The number of pyridine rings is 2. The van der Waals surface area contributed by atoms with E-state index in [0.717, 1.165) is 39.4 Å². The smallest absolute Gasteiger partial charge is 0.144 e. The van der Waals surface area contributed by atoms with Gasteiger partial charge < -0.3 is 10.0 Å². The molecule has 0 fully saturated rings. The molecule has 3 heterocycles. The third-order valence-corrected chi connectivity index (χ3v) is 8.07. The number of phenolic OH excluding ortho intramolecular Hbond substituents is 1. The first-order valence-corrected chi connectivity index (χ1v) is 13.7. The fraction of sp³-hybridized carbons (Fsp3) is 0.257. The van der Waals surface area contributed by atoms with Crippen molar-refractivity contribution in [3.8, 4) is 17.0 Å². The average molecular weight is 708 g/mol. The van der Waals surface area contributed by atoms with E-state index in [0.29, 0.717) is 11.4 Å². The molecule has 6 rings (SSSR count). The Kier molecular flexibility index (Phi) is 7.35. The second-order valence-corrected chi connectivity index (χ2v) is 11.6. The Morgan fingerprint density at radius 3 is 2.30 bits per heavy atom. The van der Waals surface area contributed by atoms with Gasteiger partial charge in [-0.1, -0.05) is 89.6 Å². The van der Waals surface area contributed by atoms with Gasteiger partial charge in [0.05, 0.1) is 0 Å². The summed E-state index contributed by atoms with van der Waals surface area (Å²) in [5, 5.41) is 12.0. The Balaban J connectivity index is 0.00000323. The molecule has 40 heavy (non-hydrogen) atoms. The zero-order valence-corrected chi connectivity index (χ0v) is 26.0. The van der Waals surface area contributed by atoms with Crippen molar-refractivity contribution in [1.29, 1.82) is 0 Å². The molecular formula is C35H34N3OPt-. The minimum atomic E-state index is -0.221. The maximum atomic E-state index is 11.0. The molecule has 0 radical (unpaired) electrons. The molecule has 0 spiro atoms. The van der Waals surface area contributed by atoms with Gasteiger partial charge in [0.1, 0.15) is 17.1 Å². The minimum absolute atomic E-state index is 0. The number of anilines is 3. The zero-order chi connectivity index (χ0) is 27.5. The number of phenols is 1. The number of nitrogens with zero attached hydrogens (tertiary/aromatic N) is 3. The van der Waals surface area contributed by atoms with Crippen molar-refractivity contribution in [2.45, 2.75) is 58.8 Å². The summed E-state index contributed by atoms with van der Waals surface area (Å²) in [4.78, 5) is 11.9. The van der Waals surface area contributed by atoms with Gasteiger partial charge in [-0.3, -0.25) is 4.98 Å². The van der Waals surface area contributed by atoms with Crippen LogP contribution in [0.4, 0.5) is 17.2 Å². The predicted octanol–water partition coefficient (Wildman–Crippen LogP) is 9.16. The van der Waals surface area contributed by atoms with Crippen LogP contribution >= 0.6 is 0 Å². The monoisotopic (exact) mass is 707 g/mol. The van der Waals surface area contributed by atoms with Crippen molar-refractivity contribution in [3.05, 3.63) is 107 Å². The Hall–Kier alpha value is -3.49. The maximum absolute atomic E-state index is 11.0. The van der Waals surface area contributed by atoms with Crippen molar-refractivity contribution >= 4 is 28.1 Å². The van der Waals surface area contributed by atoms with Crippen LogP contribution in [-0.4, -0.2) is 15.1 Å². The predicted molar refractivity (Wildman–Crippen MR) is 160 cm³/mol. The molecular weight excluding hydrogens is 673 g/mol. The minimum Gasteiger partial charge on any atom is -0.505 e. The summed E-state index contributed by atoms with van der Waals surface area (Å²) >= 11 is 0. The Morgan fingerprint density at radius 2 is 1.60 bits per heavy atom. The molecule has 0 aliphatic carbocycles. The first-order valence-electron chi connectivity index (χ1n) is 13.7. The summed E-state index contributed by atoms with van der Waals surface area (Å²) in [6, 6.07) is 29.0. The molecule has 206 valence electrons. The molecule has 0 amide bonds. The molecule has 0 unspecified atom stereocenters. The molecule has 0 bridgehead atoms. The van der Waals surface area contributed by atoms with Crippen LogP contribution in [0.3, 0.4) is 0 Å². The summed E-state index contributed by atoms with van der Waals surface area (Å²) in [5.41, 5.74) is 8.82. The van der Waals surface area contributed by atoms with Gasteiger partial charge in [0.25, 0.3) is 0 Å². The van der Waals surface area contributed by atoms with E-state index in [2.05, 4.69) is 82.8 Å². The van der Waals surface area contributed by atoms with Gasteiger partial charge in [-0.15, -0.1) is 23.8 Å². The third kappa shape index (κ3) is 4.53. The standard InChI is InChI=1S/C35H34N3O.Pt/c1-21(2)24-11-15-27-30(19-24)38(32-9-7-8-18-36-32)31-20-25(12-16-28(31)35(27,5)6)29-17-13-23-10-14-26(22(3)4)34(39)33(23)37-29;/h7-19,21-22,39H,1-6H3;/q-1;. The van der Waals surface area contributed by atoms with E-state index in [1.807, 2.05) is 48.7 Å². The number of rotatable bonds is 4. The third-order valence-electron chi connectivity index (χ3n) is 8.07. The van der Waals surface area contributed by atoms with Crippen molar-refractivity contribution in [2.75, 3.05) is 4.90 Å². The number of aromatic hydroxyl groups is 1. The van der Waals surface area contributed by atoms with Crippen LogP contribution in [0.2, 0.25) is 0 Å². The Labute approximate surface area is 251 Å². The van der Waals surface area contributed by atoms with Gasteiger partial charge in [-0.2, -0.15) is 0 Å². The Bertz CT molecular complexity index is 1710. The molecule has 5 aromatic rings. The van der Waals surface area contributed by atoms with Crippen molar-refractivity contribution in [2.24, 2.45) is 0 Å². The average Bonchev–Trinajstić information content (AvgIpc) is 2.93. The number of fused-ring (bicyclic) bond motifs is 3. The van der Waals surface area contributed by atoms with Crippen LogP contribution in [0.1, 0.15) is 75.6 Å². The molecule has 5 heteroatoms. The first-order chi connectivity index (χ1) is 18.7. The van der Waals surface area contributed by atoms with Gasteiger partial charge in [0, 0.05) is 38.3 Å². The van der Waals surface area contributed by atoms with Crippen molar-refractivity contribution in [3.63, 3.8) is 0 Å². The largest absolute Gasteiger partial charge is 0.505 e. The van der Waals surface area contributed by atoms with Crippen molar-refractivity contribution in [1.82, 2.24) is 9.97 Å². The van der Waals surface area contributed by atoms with Crippen molar-refractivity contribution < 1.29 is 26.2 Å². The maximum Gasteiger partial charge on any atom is 0.144 e. The van der Waals surface area contributed by atoms with Crippen LogP contribution in [-0.2, 0) is 26.5 Å². The number of hydrogen-bond donors (Lipinski definition) is 1. The fourth-order valence-corrected chi connectivity index (χ4v) is 5.73. The van der Waals surface area contributed by atoms with Crippen LogP contribution < -0.4 is 4.90 Å². The molecule has 0 atom stereocenters. The normalized spacial score (nSPS) is 13.8. The summed E-state index contributed by atoms with van der Waals surface area (Å²) in [6.45, 7) is 13.2. The van der Waals surface area contributed by atoms with E-state index in [-0.39, 0.29) is 38.1 Å². The number of hydrogen-bond acceptors (Lipinski definition) is 4. The second-order valence-electron chi connectivity index (χ2n) is 11.6. The van der Waals surface area contributed by atoms with Crippen LogP contribution in [0.25, 0.3) is 22.2 Å². The van der Waals surface area contributed by atoms with Gasteiger partial charge in [0.15, 0.2) is 0 Å². The molecule has 1 aliphatic rings. The quantitative estimate of drug-likeness (QED) is 0.190. The van der Waals surface area contributed by atoms with Crippen LogP contribution in [0.15, 0.2) is 79.0 Å². The molecule has 1 aliphatic heterocycles. The molecule has 4 nitrogen and oxygen atoms in total. The van der Waals surface area contributed by atoms with Gasteiger partial charge >= 0.3 is 0 Å². The zero-order valence-electron chi connectivity index (χ0n) is 23.8. The topological polar surface area (TPSA) is 49.2 Å². The summed E-state index contributed by atoms with van der Waals surface area (Å²) in [7, 11) is 0. The van der Waals surface area contributed by atoms with Gasteiger partial charge in [0.2, 0.25) is 0 Å². The van der Waals surface area contributed by atoms with E-state index < -0.39 is 0 Å². The van der Waals surface area contributed by atoms with E-state index >= 15 is 0 Å². The Morgan fingerprint density at radius 1 is 0.850 bits per heavy atom. The van der Waals surface area contributed by atoms with E-state index in [1.54, 1.807) is 0 Å². The molecule has 0 saturated heterocycles. The molecule has 0 saturated carbocycles. The molecule has 3 aromatic carbocycles. The van der Waals surface area contributed by atoms with Gasteiger partial charge in [-0.05, 0) is 63.5 Å². The number of benzene rings is 3. The second kappa shape index (κ2) is 10.5. The number of aromatic nitrogens is 2. The van der Waals surface area contributed by atoms with Gasteiger partial charge in [-0.25, -0.2) is 4.98 Å². The van der Waals surface area contributed by atoms with E-state index in [4.69, 9.17) is 9.97 Å². The fourth-order valence-electron chi connectivity index (χ4n) is 5.73. The van der Waals surface area contributed by atoms with E-state index in [1.165, 1.54) is 16.7 Å². The van der Waals surface area contributed by atoms with Crippen LogP contribution in [0.5, 0.6) is 5.75 Å². The molecule has 2 aromatic heterocycles. The summed E-state index contributed by atoms with van der Waals surface area (Å²) in [5.74, 6) is 1.73. The van der Waals surface area contributed by atoms with Crippen LogP contribution in [0, 0.1) is 6.07 Å². The summed E-state index contributed by atoms with van der Waals surface area (Å²) < 4.78 is 0. The van der Waals surface area contributed by atoms with E-state index in [9.17, 15) is 5.11 Å². The first kappa shape index (κ1) is 28.1.